The van der Waals surface area contributed by atoms with Crippen LogP contribution >= 0.6 is 11.6 Å². The van der Waals surface area contributed by atoms with Gasteiger partial charge in [0, 0.05) is 24.7 Å². The van der Waals surface area contributed by atoms with Crippen molar-refractivity contribution < 1.29 is 13.6 Å². The molecular formula is C22H16ClFN6O3. The van der Waals surface area contributed by atoms with Gasteiger partial charge in [-0.15, -0.1) is 5.10 Å². The van der Waals surface area contributed by atoms with Gasteiger partial charge in [0.15, 0.2) is 5.82 Å². The number of aryl methyl sites for hydroxylation is 1. The van der Waals surface area contributed by atoms with Crippen LogP contribution in [0.5, 0.6) is 0 Å². The first-order chi connectivity index (χ1) is 15.9. The van der Waals surface area contributed by atoms with E-state index >= 15 is 0 Å². The lowest BCUT2D eigenvalue weighted by Gasteiger charge is -2.10. The van der Waals surface area contributed by atoms with E-state index in [-0.39, 0.29) is 22.3 Å². The lowest BCUT2D eigenvalue weighted by Crippen LogP contribution is -2.15. The number of halogens is 2. The molecule has 1 fully saturated rings. The second-order valence-corrected chi connectivity index (χ2v) is 7.97. The van der Waals surface area contributed by atoms with Crippen molar-refractivity contribution in [2.24, 2.45) is 7.05 Å². The van der Waals surface area contributed by atoms with Crippen LogP contribution in [-0.2, 0) is 7.05 Å². The number of hydrogen-bond donors (Lipinski definition) is 1. The standard InChI is InChI=1S/C22H16ClFN6O3/c1-30-22(32)33-21(29-30)12-7-13(19(27-8-12)11-5-6-11)16-9-26-17(10-25-16)28-20(31)18-14(23)3-2-4-15(18)24/h2-4,7-11H,5-6H2,1H3,(H,26,28,31). The van der Waals surface area contributed by atoms with E-state index in [2.05, 4.69) is 25.4 Å². The summed E-state index contributed by atoms with van der Waals surface area (Å²) in [5.74, 6) is -1.44. The van der Waals surface area contributed by atoms with Crippen LogP contribution in [0.3, 0.4) is 0 Å². The van der Waals surface area contributed by atoms with E-state index in [4.69, 9.17) is 16.0 Å². The van der Waals surface area contributed by atoms with Gasteiger partial charge in [-0.2, -0.15) is 4.68 Å². The summed E-state index contributed by atoms with van der Waals surface area (Å²) in [5, 5.41) is 6.56. The van der Waals surface area contributed by atoms with Gasteiger partial charge in [0.1, 0.15) is 5.82 Å². The first kappa shape index (κ1) is 21.0. The van der Waals surface area contributed by atoms with Crippen LogP contribution in [0.2, 0.25) is 5.02 Å². The number of nitrogens with zero attached hydrogens (tertiary/aromatic N) is 5. The summed E-state index contributed by atoms with van der Waals surface area (Å²) in [5.41, 5.74) is 2.37. The molecule has 4 aromatic rings. The normalized spacial score (nSPS) is 13.2. The van der Waals surface area contributed by atoms with Crippen LogP contribution in [0.25, 0.3) is 22.7 Å². The molecule has 1 amide bonds. The zero-order valence-electron chi connectivity index (χ0n) is 17.2. The Labute approximate surface area is 191 Å². The number of carbonyl (C=O) groups is 1. The van der Waals surface area contributed by atoms with Crippen molar-refractivity contribution in [3.63, 3.8) is 0 Å². The quantitative estimate of drug-likeness (QED) is 0.475. The summed E-state index contributed by atoms with van der Waals surface area (Å²) in [6, 6.07) is 5.79. The number of carbonyl (C=O) groups excluding carboxylic acids is 1. The zero-order valence-corrected chi connectivity index (χ0v) is 18.0. The van der Waals surface area contributed by atoms with Crippen molar-refractivity contribution in [1.82, 2.24) is 24.7 Å². The Morgan fingerprint density at radius 3 is 2.67 bits per heavy atom. The van der Waals surface area contributed by atoms with Gasteiger partial charge >= 0.3 is 5.76 Å². The summed E-state index contributed by atoms with van der Waals surface area (Å²) in [4.78, 5) is 37.3. The van der Waals surface area contributed by atoms with Crippen molar-refractivity contribution >= 4 is 23.3 Å². The van der Waals surface area contributed by atoms with E-state index < -0.39 is 17.5 Å². The third kappa shape index (κ3) is 4.12. The topological polar surface area (TPSA) is 116 Å². The fourth-order valence-corrected chi connectivity index (χ4v) is 3.62. The second kappa shape index (κ2) is 8.21. The molecule has 9 nitrogen and oxygen atoms in total. The van der Waals surface area contributed by atoms with E-state index in [9.17, 15) is 14.0 Å². The lowest BCUT2D eigenvalue weighted by molar-refractivity contribution is 0.102. The third-order valence-electron chi connectivity index (χ3n) is 5.18. The van der Waals surface area contributed by atoms with Crippen molar-refractivity contribution in [2.75, 3.05) is 5.32 Å². The molecule has 0 atom stereocenters. The number of amides is 1. The molecule has 5 rings (SSSR count). The largest absolute Gasteiger partial charge is 0.437 e. The van der Waals surface area contributed by atoms with E-state index in [1.165, 1.54) is 31.6 Å². The maximum absolute atomic E-state index is 14.0. The van der Waals surface area contributed by atoms with Gasteiger partial charge in [0.2, 0.25) is 0 Å². The highest BCUT2D eigenvalue weighted by Gasteiger charge is 2.29. The molecule has 1 aromatic carbocycles. The maximum Gasteiger partial charge on any atom is 0.437 e. The Hall–Kier alpha value is -3.92. The number of nitrogens with one attached hydrogen (secondary N) is 1. The van der Waals surface area contributed by atoms with E-state index in [0.717, 1.165) is 34.8 Å². The molecule has 0 bridgehead atoms. The maximum atomic E-state index is 14.0. The lowest BCUT2D eigenvalue weighted by atomic mass is 10.0. The third-order valence-corrected chi connectivity index (χ3v) is 5.49. The number of anilines is 1. The van der Waals surface area contributed by atoms with E-state index in [1.54, 1.807) is 12.3 Å². The predicted octanol–water partition coefficient (Wildman–Crippen LogP) is 3.81. The van der Waals surface area contributed by atoms with Gasteiger partial charge in [-0.3, -0.25) is 14.8 Å². The Morgan fingerprint density at radius 2 is 2.03 bits per heavy atom. The molecule has 3 aromatic heterocycles. The number of pyridine rings is 1. The van der Waals surface area contributed by atoms with Crippen molar-refractivity contribution in [2.45, 2.75) is 18.8 Å². The molecule has 0 radical (unpaired) electrons. The zero-order chi connectivity index (χ0) is 23.1. The van der Waals surface area contributed by atoms with Crippen LogP contribution in [0.1, 0.15) is 34.8 Å². The molecule has 0 unspecified atom stereocenters. The second-order valence-electron chi connectivity index (χ2n) is 7.57. The number of hydrogen-bond acceptors (Lipinski definition) is 7. The van der Waals surface area contributed by atoms with Crippen molar-refractivity contribution in [3.05, 3.63) is 75.5 Å². The monoisotopic (exact) mass is 466 g/mol. The molecule has 1 saturated carbocycles. The minimum absolute atomic E-state index is 0.00443. The van der Waals surface area contributed by atoms with Crippen LogP contribution in [0, 0.1) is 5.82 Å². The summed E-state index contributed by atoms with van der Waals surface area (Å²) in [6.07, 6.45) is 6.50. The van der Waals surface area contributed by atoms with Crippen molar-refractivity contribution in [3.8, 4) is 22.7 Å². The van der Waals surface area contributed by atoms with Gasteiger partial charge in [-0.1, -0.05) is 17.7 Å². The first-order valence-electron chi connectivity index (χ1n) is 10.0. The SMILES string of the molecule is Cn1nc(-c2cnc(C3CC3)c(-c3cnc(NC(=O)c4c(F)cccc4Cl)cn3)c2)oc1=O. The molecule has 1 aliphatic rings. The molecule has 166 valence electrons. The summed E-state index contributed by atoms with van der Waals surface area (Å²) < 4.78 is 20.3. The van der Waals surface area contributed by atoms with Crippen LogP contribution in [-0.4, -0.2) is 30.6 Å². The predicted molar refractivity (Wildman–Crippen MR) is 117 cm³/mol. The highest BCUT2D eigenvalue weighted by Crippen LogP contribution is 2.43. The van der Waals surface area contributed by atoms with Gasteiger partial charge in [0.05, 0.1) is 39.9 Å². The molecule has 11 heteroatoms. The van der Waals surface area contributed by atoms with Gasteiger partial charge in [-0.05, 0) is 31.0 Å². The fraction of sp³-hybridized carbons (Fsp3) is 0.182. The molecule has 33 heavy (non-hydrogen) atoms. The Morgan fingerprint density at radius 1 is 1.21 bits per heavy atom. The minimum Gasteiger partial charge on any atom is -0.388 e. The Kier molecular flexibility index (Phi) is 5.21. The highest BCUT2D eigenvalue weighted by atomic mass is 35.5. The van der Waals surface area contributed by atoms with E-state index in [1.807, 2.05) is 0 Å². The summed E-state index contributed by atoms with van der Waals surface area (Å²) in [7, 11) is 1.50. The Balaban J connectivity index is 1.45. The fourth-order valence-electron chi connectivity index (χ4n) is 3.37. The summed E-state index contributed by atoms with van der Waals surface area (Å²) in [6.45, 7) is 0. The number of benzene rings is 1. The average molecular weight is 467 g/mol. The molecule has 3 heterocycles. The van der Waals surface area contributed by atoms with Crippen LogP contribution in [0.15, 0.2) is 52.1 Å². The molecule has 0 aliphatic heterocycles. The van der Waals surface area contributed by atoms with Gasteiger partial charge < -0.3 is 9.73 Å². The van der Waals surface area contributed by atoms with Gasteiger partial charge in [0.25, 0.3) is 11.8 Å². The molecule has 0 saturated heterocycles. The van der Waals surface area contributed by atoms with Crippen LogP contribution < -0.4 is 11.1 Å². The summed E-state index contributed by atoms with van der Waals surface area (Å²) >= 11 is 5.95. The molecular weight excluding hydrogens is 451 g/mol. The molecule has 1 aliphatic carbocycles. The number of rotatable bonds is 5. The first-order valence-corrected chi connectivity index (χ1v) is 10.4. The number of aromatic nitrogens is 5. The van der Waals surface area contributed by atoms with Gasteiger partial charge in [-0.25, -0.2) is 14.2 Å². The Bertz CT molecular complexity index is 1410. The van der Waals surface area contributed by atoms with E-state index in [0.29, 0.717) is 17.2 Å². The smallest absolute Gasteiger partial charge is 0.388 e. The highest BCUT2D eigenvalue weighted by molar-refractivity contribution is 6.34. The van der Waals surface area contributed by atoms with Crippen LogP contribution in [0.4, 0.5) is 10.2 Å². The van der Waals surface area contributed by atoms with Crippen molar-refractivity contribution in [1.29, 1.82) is 0 Å². The molecule has 1 N–H and O–H groups in total. The molecule has 0 spiro atoms. The minimum atomic E-state index is -0.734. The average Bonchev–Trinajstić information content (AvgIpc) is 3.58.